The number of rotatable bonds is 6. The van der Waals surface area contributed by atoms with Crippen molar-refractivity contribution in [3.8, 4) is 0 Å². The fourth-order valence-corrected chi connectivity index (χ4v) is 1.49. The summed E-state index contributed by atoms with van der Waals surface area (Å²) in [7, 11) is 0. The van der Waals surface area contributed by atoms with Gasteiger partial charge in [0, 0.05) is 13.1 Å². The Bertz CT molecular complexity index is 324. The summed E-state index contributed by atoms with van der Waals surface area (Å²) in [5.41, 5.74) is 3.10. The number of likely N-dealkylation sites (N-methyl/N-ethyl adjacent to an activating group) is 1. The molecule has 4 heteroatoms. The molecule has 0 bridgehead atoms. The highest BCUT2D eigenvalue weighted by molar-refractivity contribution is 5.95. The van der Waals surface area contributed by atoms with Gasteiger partial charge in [0.15, 0.2) is 0 Å². The summed E-state index contributed by atoms with van der Waals surface area (Å²) in [6.07, 6.45) is 0. The number of nitrogens with zero attached hydrogens (tertiary/aromatic N) is 1. The Morgan fingerprint density at radius 2 is 1.82 bits per heavy atom. The van der Waals surface area contributed by atoms with Crippen molar-refractivity contribution in [3.63, 3.8) is 0 Å². The van der Waals surface area contributed by atoms with E-state index >= 15 is 0 Å². The number of carbonyl (C=O) groups excluding carboxylic acids is 2. The quantitative estimate of drug-likeness (QED) is 0.561. The van der Waals surface area contributed by atoms with Gasteiger partial charge >= 0.3 is 0 Å². The number of hydrogen-bond acceptors (Lipinski definition) is 2. The fourth-order valence-electron chi connectivity index (χ4n) is 1.49. The monoisotopic (exact) mass is 238 g/mol. The zero-order chi connectivity index (χ0) is 13.4. The minimum absolute atomic E-state index is 0.0262. The Labute approximate surface area is 103 Å². The first-order valence-corrected chi connectivity index (χ1v) is 5.93. The maximum Gasteiger partial charge on any atom is 0.255 e. The van der Waals surface area contributed by atoms with Crippen LogP contribution in [0.3, 0.4) is 0 Å². The summed E-state index contributed by atoms with van der Waals surface area (Å²) >= 11 is 0. The minimum atomic E-state index is -0.268. The maximum atomic E-state index is 11.7. The fraction of sp³-hybridized carbons (Fsp3) is 0.615. The van der Waals surface area contributed by atoms with Crippen LogP contribution in [0.5, 0.6) is 0 Å². The van der Waals surface area contributed by atoms with Gasteiger partial charge in [-0.15, -0.1) is 5.73 Å². The average molecular weight is 238 g/mol. The van der Waals surface area contributed by atoms with Crippen LogP contribution in [0.2, 0.25) is 0 Å². The lowest BCUT2D eigenvalue weighted by molar-refractivity contribution is -0.131. The van der Waals surface area contributed by atoms with Gasteiger partial charge in [-0.05, 0) is 19.8 Å². The number of nitrogens with one attached hydrogen (secondary N) is 1. The van der Waals surface area contributed by atoms with Gasteiger partial charge in [0.2, 0.25) is 5.91 Å². The standard InChI is InChI=1S/C13H22N2O2/c1-6-11(10(4)5)13(17)14-9-12(16)15(7-2)8-3/h10H,1,7-9H2,2-5H3,(H,14,17). The summed E-state index contributed by atoms with van der Waals surface area (Å²) in [5, 5.41) is 2.59. The first-order chi connectivity index (χ1) is 7.97. The first-order valence-electron chi connectivity index (χ1n) is 5.93. The Balaban J connectivity index is 4.34. The largest absolute Gasteiger partial charge is 0.343 e. The molecular formula is C13H22N2O2. The van der Waals surface area contributed by atoms with E-state index in [1.54, 1.807) is 4.90 Å². The van der Waals surface area contributed by atoms with Crippen LogP contribution in [0.25, 0.3) is 0 Å². The zero-order valence-corrected chi connectivity index (χ0v) is 11.2. The van der Waals surface area contributed by atoms with E-state index < -0.39 is 0 Å². The second-order valence-electron chi connectivity index (χ2n) is 3.99. The van der Waals surface area contributed by atoms with Crippen LogP contribution in [0, 0.1) is 5.92 Å². The van der Waals surface area contributed by atoms with Crippen LogP contribution in [-0.2, 0) is 9.59 Å². The molecule has 0 aliphatic rings. The van der Waals surface area contributed by atoms with Crippen LogP contribution < -0.4 is 5.32 Å². The van der Waals surface area contributed by atoms with Crippen molar-refractivity contribution in [1.82, 2.24) is 10.2 Å². The lowest BCUT2D eigenvalue weighted by atomic mass is 10.0. The molecular weight excluding hydrogens is 216 g/mol. The first kappa shape index (κ1) is 15.5. The molecule has 1 N–H and O–H groups in total. The van der Waals surface area contributed by atoms with Crippen LogP contribution in [0.1, 0.15) is 27.7 Å². The van der Waals surface area contributed by atoms with Gasteiger partial charge in [-0.25, -0.2) is 0 Å². The van der Waals surface area contributed by atoms with Crippen LogP contribution in [0.15, 0.2) is 17.9 Å². The van der Waals surface area contributed by atoms with Crippen molar-refractivity contribution < 1.29 is 9.59 Å². The highest BCUT2D eigenvalue weighted by atomic mass is 16.2. The molecule has 4 nitrogen and oxygen atoms in total. The number of amides is 2. The Morgan fingerprint density at radius 1 is 1.29 bits per heavy atom. The highest BCUT2D eigenvalue weighted by Crippen LogP contribution is 2.06. The molecule has 17 heavy (non-hydrogen) atoms. The van der Waals surface area contributed by atoms with Gasteiger partial charge in [-0.3, -0.25) is 9.59 Å². The molecule has 0 atom stereocenters. The highest BCUT2D eigenvalue weighted by Gasteiger charge is 2.15. The molecule has 0 spiro atoms. The van der Waals surface area contributed by atoms with Crippen molar-refractivity contribution in [1.29, 1.82) is 0 Å². The Kier molecular flexibility index (Phi) is 6.99. The second kappa shape index (κ2) is 7.69. The lowest BCUT2D eigenvalue weighted by Gasteiger charge is -2.19. The predicted molar refractivity (Wildman–Crippen MR) is 68.4 cm³/mol. The van der Waals surface area contributed by atoms with Gasteiger partial charge < -0.3 is 10.2 Å². The van der Waals surface area contributed by atoms with Crippen molar-refractivity contribution >= 4 is 11.8 Å². The van der Waals surface area contributed by atoms with Crippen LogP contribution >= 0.6 is 0 Å². The summed E-state index contributed by atoms with van der Waals surface area (Å²) < 4.78 is 0. The molecule has 0 saturated heterocycles. The smallest absolute Gasteiger partial charge is 0.255 e. The molecule has 0 saturated carbocycles. The van der Waals surface area contributed by atoms with Crippen LogP contribution in [0.4, 0.5) is 0 Å². The summed E-state index contributed by atoms with van der Waals surface area (Å²) in [4.78, 5) is 25.0. The topological polar surface area (TPSA) is 49.4 Å². The third-order valence-electron chi connectivity index (χ3n) is 2.53. The molecule has 0 aromatic heterocycles. The van der Waals surface area contributed by atoms with Crippen LogP contribution in [-0.4, -0.2) is 36.3 Å². The molecule has 0 heterocycles. The molecule has 0 unspecified atom stereocenters. The zero-order valence-electron chi connectivity index (χ0n) is 11.2. The van der Waals surface area contributed by atoms with Gasteiger partial charge in [0.25, 0.3) is 5.91 Å². The van der Waals surface area contributed by atoms with E-state index in [4.69, 9.17) is 0 Å². The minimum Gasteiger partial charge on any atom is -0.343 e. The molecule has 2 amide bonds. The van der Waals surface area contributed by atoms with Gasteiger partial charge in [-0.1, -0.05) is 20.4 Å². The summed E-state index contributed by atoms with van der Waals surface area (Å²) in [5.74, 6) is -0.290. The van der Waals surface area contributed by atoms with E-state index in [1.165, 1.54) is 0 Å². The van der Waals surface area contributed by atoms with E-state index in [0.717, 1.165) is 0 Å². The predicted octanol–water partition coefficient (Wildman–Crippen LogP) is 1.34. The van der Waals surface area contributed by atoms with Gasteiger partial charge in [0.1, 0.15) is 0 Å². The Hall–Kier alpha value is -1.54. The van der Waals surface area contributed by atoms with E-state index in [9.17, 15) is 9.59 Å². The third-order valence-corrected chi connectivity index (χ3v) is 2.53. The second-order valence-corrected chi connectivity index (χ2v) is 3.99. The van der Waals surface area contributed by atoms with E-state index in [-0.39, 0.29) is 24.3 Å². The lowest BCUT2D eigenvalue weighted by Crippen LogP contribution is -2.40. The molecule has 0 aliphatic heterocycles. The molecule has 0 aromatic rings. The van der Waals surface area contributed by atoms with Crippen molar-refractivity contribution in [2.75, 3.05) is 19.6 Å². The number of hydrogen-bond donors (Lipinski definition) is 1. The van der Waals surface area contributed by atoms with Gasteiger partial charge in [-0.2, -0.15) is 0 Å². The normalized spacial score (nSPS) is 9.71. The summed E-state index contributed by atoms with van der Waals surface area (Å²) in [6.45, 7) is 12.4. The van der Waals surface area contributed by atoms with Crippen molar-refractivity contribution in [2.45, 2.75) is 27.7 Å². The molecule has 96 valence electrons. The summed E-state index contributed by atoms with van der Waals surface area (Å²) in [6, 6.07) is 0. The van der Waals surface area contributed by atoms with Gasteiger partial charge in [0.05, 0.1) is 12.1 Å². The average Bonchev–Trinajstić information content (AvgIpc) is 2.28. The molecule has 0 aromatic carbocycles. The van der Waals surface area contributed by atoms with Crippen molar-refractivity contribution in [3.05, 3.63) is 17.9 Å². The number of carbonyl (C=O) groups is 2. The SMILES string of the molecule is C=C=C(C(=O)NCC(=O)N(CC)CC)C(C)C. The molecule has 0 rings (SSSR count). The van der Waals surface area contributed by atoms with E-state index in [1.807, 2.05) is 27.7 Å². The molecule has 0 fully saturated rings. The molecule has 0 aliphatic carbocycles. The van der Waals surface area contributed by atoms with Crippen molar-refractivity contribution in [2.24, 2.45) is 5.92 Å². The Morgan fingerprint density at radius 3 is 2.18 bits per heavy atom. The molecule has 0 radical (unpaired) electrons. The van der Waals surface area contributed by atoms with E-state index in [0.29, 0.717) is 18.7 Å². The van der Waals surface area contributed by atoms with E-state index in [2.05, 4.69) is 17.6 Å². The maximum absolute atomic E-state index is 11.7. The third kappa shape index (κ3) is 4.87.